The summed E-state index contributed by atoms with van der Waals surface area (Å²) in [5.41, 5.74) is 6.81. The predicted molar refractivity (Wildman–Crippen MR) is 152 cm³/mol. The van der Waals surface area contributed by atoms with E-state index in [1.807, 2.05) is 6.08 Å². The van der Waals surface area contributed by atoms with Crippen molar-refractivity contribution in [3.63, 3.8) is 0 Å². The molecule has 0 radical (unpaired) electrons. The van der Waals surface area contributed by atoms with E-state index in [-0.39, 0.29) is 10.8 Å². The Morgan fingerprint density at radius 3 is 2.46 bits per heavy atom. The van der Waals surface area contributed by atoms with E-state index in [1.165, 1.54) is 48.3 Å². The molecule has 3 fully saturated rings. The largest absolute Gasteiger partial charge is 0.389 e. The molecule has 3 nitrogen and oxygen atoms in total. The molecule has 4 aliphatic carbocycles. The standard InChI is InChI=1S/C34H47NO2/c1-32(2,3)17-18-34(37)16-15-30-28-13-9-24-21-26(36)12-14-27(24)31(28)29(22-33(30,34)4)23-7-10-25(11-8-23)35-19-5-6-20-35/h7-8,10-11,21,28-30,37H,5-6,9,12-20,22H2,1-4H3/t28-,29+,30-,33-,34+/m0/s1. The number of fused-ring (bicyclic) bond motifs is 4. The van der Waals surface area contributed by atoms with Crippen LogP contribution in [0.5, 0.6) is 0 Å². The summed E-state index contributed by atoms with van der Waals surface area (Å²) in [5, 5.41) is 12.3. The van der Waals surface area contributed by atoms with Gasteiger partial charge in [0.15, 0.2) is 5.78 Å². The third-order valence-electron chi connectivity index (χ3n) is 11.1. The summed E-state index contributed by atoms with van der Waals surface area (Å²) in [6, 6.07) is 9.48. The van der Waals surface area contributed by atoms with E-state index >= 15 is 0 Å². The van der Waals surface area contributed by atoms with E-state index < -0.39 is 5.60 Å². The van der Waals surface area contributed by atoms with Gasteiger partial charge in [0.1, 0.15) is 0 Å². The van der Waals surface area contributed by atoms with Crippen LogP contribution < -0.4 is 4.90 Å². The van der Waals surface area contributed by atoms with Crippen molar-refractivity contribution in [3.8, 4) is 0 Å². The van der Waals surface area contributed by atoms with Gasteiger partial charge in [-0.25, -0.2) is 0 Å². The quantitative estimate of drug-likeness (QED) is 0.459. The van der Waals surface area contributed by atoms with Gasteiger partial charge in [-0.15, -0.1) is 0 Å². The summed E-state index contributed by atoms with van der Waals surface area (Å²) < 4.78 is 0. The van der Waals surface area contributed by atoms with Crippen LogP contribution in [0.2, 0.25) is 0 Å². The Bertz CT molecular complexity index is 1120. The SMILES string of the molecule is CC(C)(C)CC[C@]1(O)CC[C@H]2[C@@H]3CCC4=CC(=O)CCC4=C3[C@@H](c3ccc(N4CCCC4)cc3)C[C@@]21C. The third kappa shape index (κ3) is 4.34. The second-order valence-corrected chi connectivity index (χ2v) is 14.4. The number of carbonyl (C=O) groups is 1. The van der Waals surface area contributed by atoms with Gasteiger partial charge in [-0.05, 0) is 116 Å². The van der Waals surface area contributed by atoms with Crippen LogP contribution in [0.3, 0.4) is 0 Å². The van der Waals surface area contributed by atoms with Crippen LogP contribution in [0.25, 0.3) is 0 Å². The molecule has 1 N–H and O–H groups in total. The molecule has 1 saturated heterocycles. The Kier molecular flexibility index (Phi) is 6.26. The van der Waals surface area contributed by atoms with Gasteiger partial charge in [0.2, 0.25) is 0 Å². The minimum atomic E-state index is -0.590. The highest BCUT2D eigenvalue weighted by molar-refractivity contribution is 5.93. The molecule has 2 saturated carbocycles. The van der Waals surface area contributed by atoms with Gasteiger partial charge < -0.3 is 10.0 Å². The number of anilines is 1. The first kappa shape index (κ1) is 25.4. The summed E-state index contributed by atoms with van der Waals surface area (Å²) in [6.45, 7) is 11.7. The lowest BCUT2D eigenvalue weighted by Gasteiger charge is -2.55. The molecule has 1 aromatic rings. The number of aliphatic hydroxyl groups is 1. The molecule has 0 unspecified atom stereocenters. The number of hydrogen-bond donors (Lipinski definition) is 1. The molecule has 200 valence electrons. The fraction of sp³-hybridized carbons (Fsp3) is 0.676. The van der Waals surface area contributed by atoms with Crippen molar-refractivity contribution >= 4 is 11.5 Å². The molecule has 0 amide bonds. The maximum absolute atomic E-state index is 12.3. The van der Waals surface area contributed by atoms with Crippen molar-refractivity contribution in [1.82, 2.24) is 0 Å². The molecule has 0 bridgehead atoms. The number of allylic oxidation sites excluding steroid dienone is 4. The zero-order valence-corrected chi connectivity index (χ0v) is 23.6. The van der Waals surface area contributed by atoms with Crippen LogP contribution in [0, 0.1) is 22.7 Å². The molecule has 37 heavy (non-hydrogen) atoms. The smallest absolute Gasteiger partial charge is 0.156 e. The molecule has 6 rings (SSSR count). The van der Waals surface area contributed by atoms with Crippen LogP contribution >= 0.6 is 0 Å². The zero-order valence-electron chi connectivity index (χ0n) is 23.6. The lowest BCUT2D eigenvalue weighted by molar-refractivity contribution is -0.114. The number of nitrogens with zero attached hydrogens (tertiary/aromatic N) is 1. The predicted octanol–water partition coefficient (Wildman–Crippen LogP) is 7.74. The number of benzene rings is 1. The van der Waals surface area contributed by atoms with Crippen LogP contribution in [-0.4, -0.2) is 29.6 Å². The fourth-order valence-electron chi connectivity index (χ4n) is 8.94. The highest BCUT2D eigenvalue weighted by Gasteiger charge is 2.62. The van der Waals surface area contributed by atoms with Crippen LogP contribution in [0.4, 0.5) is 5.69 Å². The Hall–Kier alpha value is -1.87. The summed E-state index contributed by atoms with van der Waals surface area (Å²) in [5.74, 6) is 1.72. The van der Waals surface area contributed by atoms with Gasteiger partial charge in [-0.2, -0.15) is 0 Å². The Morgan fingerprint density at radius 1 is 1.03 bits per heavy atom. The highest BCUT2D eigenvalue weighted by Crippen LogP contribution is 2.67. The first-order valence-electron chi connectivity index (χ1n) is 15.1. The Balaban J connectivity index is 1.41. The molecule has 0 spiro atoms. The van der Waals surface area contributed by atoms with Crippen molar-refractivity contribution in [3.05, 3.63) is 52.6 Å². The van der Waals surface area contributed by atoms with E-state index in [2.05, 4.69) is 56.9 Å². The highest BCUT2D eigenvalue weighted by atomic mass is 16.3. The van der Waals surface area contributed by atoms with E-state index in [1.54, 1.807) is 5.57 Å². The first-order chi connectivity index (χ1) is 17.6. The van der Waals surface area contributed by atoms with Crippen molar-refractivity contribution in [2.45, 2.75) is 110 Å². The molecule has 1 aromatic carbocycles. The summed E-state index contributed by atoms with van der Waals surface area (Å²) in [7, 11) is 0. The molecule has 0 aromatic heterocycles. The molecular formula is C34H47NO2. The van der Waals surface area contributed by atoms with E-state index in [4.69, 9.17) is 0 Å². The molecule has 5 aliphatic rings. The average molecular weight is 502 g/mol. The van der Waals surface area contributed by atoms with Gasteiger partial charge in [0.05, 0.1) is 5.60 Å². The Morgan fingerprint density at radius 2 is 1.76 bits per heavy atom. The zero-order chi connectivity index (χ0) is 26.0. The van der Waals surface area contributed by atoms with Crippen LogP contribution in [-0.2, 0) is 4.79 Å². The van der Waals surface area contributed by atoms with E-state index in [9.17, 15) is 9.90 Å². The number of ketones is 1. The maximum Gasteiger partial charge on any atom is 0.156 e. The Labute approximate surface area is 224 Å². The lowest BCUT2D eigenvalue weighted by Crippen LogP contribution is -2.51. The number of hydrogen-bond acceptors (Lipinski definition) is 3. The lowest BCUT2D eigenvalue weighted by atomic mass is 9.50. The van der Waals surface area contributed by atoms with Crippen molar-refractivity contribution in [1.29, 1.82) is 0 Å². The number of carbonyl (C=O) groups excluding carboxylic acids is 1. The minimum absolute atomic E-state index is 0.0724. The second kappa shape index (κ2) is 9.11. The first-order valence-corrected chi connectivity index (χ1v) is 15.1. The van der Waals surface area contributed by atoms with E-state index in [0.717, 1.165) is 51.4 Å². The molecule has 3 heteroatoms. The van der Waals surface area contributed by atoms with Gasteiger partial charge in [-0.3, -0.25) is 4.79 Å². The average Bonchev–Trinajstić information content (AvgIpc) is 3.49. The van der Waals surface area contributed by atoms with Gasteiger partial charge in [0.25, 0.3) is 0 Å². The van der Waals surface area contributed by atoms with Crippen molar-refractivity contribution in [2.75, 3.05) is 18.0 Å². The van der Waals surface area contributed by atoms with Crippen molar-refractivity contribution < 1.29 is 9.90 Å². The second-order valence-electron chi connectivity index (χ2n) is 14.4. The number of rotatable bonds is 4. The molecule has 5 atom stereocenters. The normalized spacial score (nSPS) is 35.8. The summed E-state index contributed by atoms with van der Waals surface area (Å²) in [4.78, 5) is 14.8. The fourth-order valence-corrected chi connectivity index (χ4v) is 8.94. The van der Waals surface area contributed by atoms with E-state index in [0.29, 0.717) is 30.0 Å². The van der Waals surface area contributed by atoms with Crippen LogP contribution in [0.1, 0.15) is 110 Å². The third-order valence-corrected chi connectivity index (χ3v) is 11.1. The van der Waals surface area contributed by atoms with Crippen LogP contribution in [0.15, 0.2) is 47.1 Å². The molecule has 1 heterocycles. The van der Waals surface area contributed by atoms with Gasteiger partial charge >= 0.3 is 0 Å². The summed E-state index contributed by atoms with van der Waals surface area (Å²) in [6.07, 6.45) is 13.4. The molecule has 1 aliphatic heterocycles. The molecular weight excluding hydrogens is 454 g/mol. The van der Waals surface area contributed by atoms with Gasteiger partial charge in [0, 0.05) is 36.5 Å². The summed E-state index contributed by atoms with van der Waals surface area (Å²) >= 11 is 0. The van der Waals surface area contributed by atoms with Crippen molar-refractivity contribution in [2.24, 2.45) is 22.7 Å². The monoisotopic (exact) mass is 501 g/mol. The maximum atomic E-state index is 12.3. The van der Waals surface area contributed by atoms with Gasteiger partial charge in [-0.1, -0.05) is 45.4 Å². The minimum Gasteiger partial charge on any atom is -0.389 e. The topological polar surface area (TPSA) is 40.5 Å².